The van der Waals surface area contributed by atoms with Crippen molar-refractivity contribution in [3.8, 4) is 11.5 Å². The van der Waals surface area contributed by atoms with E-state index in [0.29, 0.717) is 6.42 Å². The second kappa shape index (κ2) is 13.4. The molecule has 0 aliphatic carbocycles. The van der Waals surface area contributed by atoms with Crippen LogP contribution >= 0.6 is 0 Å². The number of ketones is 1. The molecule has 0 radical (unpaired) electrons. The molecule has 11 heteroatoms. The van der Waals surface area contributed by atoms with E-state index in [1.807, 2.05) is 30.3 Å². The number of Topliss-reactive ketones (excluding diaryl/α,β-unsaturated/α-hetero) is 1. The summed E-state index contributed by atoms with van der Waals surface area (Å²) in [5.41, 5.74) is 0.703. The number of hydrogen-bond acceptors (Lipinski definition) is 8. The largest absolute Gasteiger partial charge is 0.503 e. The maximum Gasteiger partial charge on any atom is 0.409 e. The highest BCUT2D eigenvalue weighted by Crippen LogP contribution is 2.30. The molecule has 38 heavy (non-hydrogen) atoms. The smallest absolute Gasteiger partial charge is 0.409 e. The zero-order valence-corrected chi connectivity index (χ0v) is 21.0. The molecule has 0 unspecified atom stereocenters. The number of carbonyl (C=O) groups excluding carboxylic acids is 2. The monoisotopic (exact) mass is 537 g/mol. The van der Waals surface area contributed by atoms with Crippen LogP contribution in [-0.2, 0) is 25.4 Å². The fourth-order valence-electron chi connectivity index (χ4n) is 4.23. The summed E-state index contributed by atoms with van der Waals surface area (Å²) >= 11 is 0. The lowest BCUT2D eigenvalue weighted by molar-refractivity contribution is -0.162. The van der Waals surface area contributed by atoms with E-state index in [9.17, 15) is 27.9 Å². The Morgan fingerprint density at radius 2 is 1.95 bits per heavy atom. The van der Waals surface area contributed by atoms with Gasteiger partial charge in [-0.1, -0.05) is 36.4 Å². The van der Waals surface area contributed by atoms with Crippen molar-refractivity contribution in [3.05, 3.63) is 66.0 Å². The molecule has 1 N–H and O–H groups in total. The lowest BCUT2D eigenvalue weighted by Gasteiger charge is -2.30. The minimum absolute atomic E-state index is 0.0635. The first kappa shape index (κ1) is 29.1. The standard InChI is InChI=1S/C27H30F3NO7/c1-17-25(37-12-6-10-27(28,29)30)19(13-18-7-4-3-5-8-18)15-36-16-20(26(34)38-17)14-21(32)23-24(33)22(35-2)9-11-31-23/h3-11,17,19-20,25,33H,12-16H2,1-2H3/b10-6+/t17-,19-,20-,25-/m0/s1. The number of ether oxygens (including phenoxy) is 4. The average Bonchev–Trinajstić information content (AvgIpc) is 2.91. The molecule has 1 saturated heterocycles. The van der Waals surface area contributed by atoms with E-state index in [1.54, 1.807) is 6.92 Å². The summed E-state index contributed by atoms with van der Waals surface area (Å²) in [7, 11) is 1.33. The summed E-state index contributed by atoms with van der Waals surface area (Å²) in [5.74, 6) is -3.07. The number of alkyl halides is 3. The molecular weight excluding hydrogens is 507 g/mol. The predicted molar refractivity (Wildman–Crippen MR) is 130 cm³/mol. The number of cyclic esters (lactones) is 1. The topological polar surface area (TPSA) is 104 Å². The van der Waals surface area contributed by atoms with Gasteiger partial charge in [0.2, 0.25) is 0 Å². The molecule has 4 atom stereocenters. The van der Waals surface area contributed by atoms with Crippen LogP contribution in [0.1, 0.15) is 29.4 Å². The van der Waals surface area contributed by atoms with Gasteiger partial charge in [0.05, 0.1) is 39.0 Å². The normalized spacial score (nSPS) is 22.8. The van der Waals surface area contributed by atoms with Crippen molar-refractivity contribution in [1.29, 1.82) is 0 Å². The molecule has 1 aromatic heterocycles. The van der Waals surface area contributed by atoms with Crippen molar-refractivity contribution < 1.29 is 46.8 Å². The third-order valence-electron chi connectivity index (χ3n) is 6.05. The Bertz CT molecular complexity index is 1110. The summed E-state index contributed by atoms with van der Waals surface area (Å²) in [6.45, 7) is 1.21. The average molecular weight is 538 g/mol. The Kier molecular flexibility index (Phi) is 10.3. The first-order valence-corrected chi connectivity index (χ1v) is 12.0. The number of allylic oxidation sites excluding steroid dienone is 1. The number of pyridine rings is 1. The zero-order chi connectivity index (χ0) is 27.7. The molecule has 1 fully saturated rings. The van der Waals surface area contributed by atoms with Crippen LogP contribution in [0.15, 0.2) is 54.7 Å². The van der Waals surface area contributed by atoms with E-state index in [4.69, 9.17) is 18.9 Å². The quantitative estimate of drug-likeness (QED) is 0.287. The fourth-order valence-corrected chi connectivity index (χ4v) is 4.23. The van der Waals surface area contributed by atoms with Gasteiger partial charge in [-0.2, -0.15) is 13.2 Å². The van der Waals surface area contributed by atoms with Crippen LogP contribution in [0.2, 0.25) is 0 Å². The molecule has 1 aromatic carbocycles. The number of carbonyl (C=O) groups is 2. The van der Waals surface area contributed by atoms with Gasteiger partial charge < -0.3 is 24.1 Å². The van der Waals surface area contributed by atoms with Gasteiger partial charge in [-0.15, -0.1) is 0 Å². The molecule has 206 valence electrons. The lowest BCUT2D eigenvalue weighted by Crippen LogP contribution is -2.40. The van der Waals surface area contributed by atoms with Gasteiger partial charge in [0.15, 0.2) is 23.0 Å². The molecule has 0 bridgehead atoms. The highest BCUT2D eigenvalue weighted by molar-refractivity contribution is 5.99. The number of rotatable bonds is 9. The van der Waals surface area contributed by atoms with Gasteiger partial charge in [-0.25, -0.2) is 4.98 Å². The Labute approximate surface area is 218 Å². The van der Waals surface area contributed by atoms with E-state index in [1.165, 1.54) is 19.4 Å². The Balaban J connectivity index is 1.78. The minimum atomic E-state index is -4.47. The van der Waals surface area contributed by atoms with Crippen LogP contribution in [0.5, 0.6) is 11.5 Å². The highest BCUT2D eigenvalue weighted by Gasteiger charge is 2.36. The number of aromatic nitrogens is 1. The van der Waals surface area contributed by atoms with Crippen molar-refractivity contribution >= 4 is 11.8 Å². The van der Waals surface area contributed by atoms with Crippen LogP contribution in [0.4, 0.5) is 13.2 Å². The van der Waals surface area contributed by atoms with E-state index in [-0.39, 0.29) is 49.7 Å². The van der Waals surface area contributed by atoms with Crippen LogP contribution in [0.25, 0.3) is 0 Å². The molecule has 0 spiro atoms. The maximum atomic E-state index is 13.0. The summed E-state index contributed by atoms with van der Waals surface area (Å²) in [6.07, 6.45) is -3.74. The van der Waals surface area contributed by atoms with Crippen molar-refractivity contribution in [2.45, 2.75) is 38.1 Å². The summed E-state index contributed by atoms with van der Waals surface area (Å²) in [5, 5.41) is 10.3. The van der Waals surface area contributed by atoms with E-state index in [0.717, 1.165) is 11.6 Å². The van der Waals surface area contributed by atoms with Gasteiger partial charge in [0.25, 0.3) is 0 Å². The molecule has 3 rings (SSSR count). The lowest BCUT2D eigenvalue weighted by atomic mass is 9.91. The zero-order valence-electron chi connectivity index (χ0n) is 21.0. The van der Waals surface area contributed by atoms with Crippen LogP contribution in [-0.4, -0.2) is 67.2 Å². The molecule has 2 aromatic rings. The first-order chi connectivity index (χ1) is 18.1. The van der Waals surface area contributed by atoms with Gasteiger partial charge in [-0.05, 0) is 18.9 Å². The van der Waals surface area contributed by atoms with Gasteiger partial charge in [0, 0.05) is 30.7 Å². The van der Waals surface area contributed by atoms with Gasteiger partial charge in [-0.3, -0.25) is 9.59 Å². The summed E-state index contributed by atoms with van der Waals surface area (Å²) in [4.78, 5) is 29.8. The molecular formula is C27H30F3NO7. The second-order valence-electron chi connectivity index (χ2n) is 8.91. The molecule has 1 aliphatic rings. The third-order valence-corrected chi connectivity index (χ3v) is 6.05. The molecule has 0 saturated carbocycles. The Morgan fingerprint density at radius 1 is 1.21 bits per heavy atom. The third kappa shape index (κ3) is 8.29. The van der Waals surface area contributed by atoms with Gasteiger partial charge in [0.1, 0.15) is 6.10 Å². The van der Waals surface area contributed by atoms with E-state index in [2.05, 4.69) is 4.98 Å². The number of methoxy groups -OCH3 is 1. The number of aromatic hydroxyl groups is 1. The first-order valence-electron chi connectivity index (χ1n) is 12.0. The van der Waals surface area contributed by atoms with Crippen molar-refractivity contribution in [1.82, 2.24) is 4.98 Å². The predicted octanol–water partition coefficient (Wildman–Crippen LogP) is 4.31. The number of nitrogens with zero attached hydrogens (tertiary/aromatic N) is 1. The fraction of sp³-hybridized carbons (Fsp3) is 0.444. The van der Waals surface area contributed by atoms with E-state index >= 15 is 0 Å². The van der Waals surface area contributed by atoms with Crippen LogP contribution in [0.3, 0.4) is 0 Å². The van der Waals surface area contributed by atoms with Crippen LogP contribution in [0, 0.1) is 11.8 Å². The SMILES string of the molecule is COc1ccnc(C(=O)C[C@H]2COC[C@H](Cc3ccccc3)[C@@H](OC/C=C/C(F)(F)F)[C@H](C)OC2=O)c1O. The number of benzene rings is 1. The van der Waals surface area contributed by atoms with Crippen molar-refractivity contribution in [3.63, 3.8) is 0 Å². The summed E-state index contributed by atoms with van der Waals surface area (Å²) in [6, 6.07) is 10.8. The Morgan fingerprint density at radius 3 is 2.63 bits per heavy atom. The summed E-state index contributed by atoms with van der Waals surface area (Å²) < 4.78 is 59.8. The number of esters is 1. The number of hydrogen-bond donors (Lipinski definition) is 1. The molecule has 0 amide bonds. The number of halogens is 3. The molecule has 1 aliphatic heterocycles. The van der Waals surface area contributed by atoms with E-state index < -0.39 is 41.8 Å². The second-order valence-corrected chi connectivity index (χ2v) is 8.91. The van der Waals surface area contributed by atoms with Gasteiger partial charge >= 0.3 is 12.1 Å². The molecule has 8 nitrogen and oxygen atoms in total. The van der Waals surface area contributed by atoms with Crippen molar-refractivity contribution in [2.75, 3.05) is 26.9 Å². The van der Waals surface area contributed by atoms with Crippen LogP contribution < -0.4 is 4.74 Å². The molecule has 2 heterocycles. The highest BCUT2D eigenvalue weighted by atomic mass is 19.4. The minimum Gasteiger partial charge on any atom is -0.503 e. The van der Waals surface area contributed by atoms with Crippen molar-refractivity contribution in [2.24, 2.45) is 11.8 Å². The maximum absolute atomic E-state index is 13.0. The Hall–Kier alpha value is -3.44.